The highest BCUT2D eigenvalue weighted by Crippen LogP contribution is 2.11. The third kappa shape index (κ3) is 4.22. The minimum atomic E-state index is -0.563. The molecule has 0 spiro atoms. The molecule has 4 N–H and O–H groups in total. The fourth-order valence-corrected chi connectivity index (χ4v) is 2.22. The number of hydrogen-bond acceptors (Lipinski definition) is 4. The molecule has 1 saturated heterocycles. The van der Waals surface area contributed by atoms with Crippen molar-refractivity contribution in [1.29, 1.82) is 0 Å². The Morgan fingerprint density at radius 2 is 1.89 bits per heavy atom. The molecule has 1 aromatic rings. The molecule has 0 saturated carbocycles. The molecule has 0 aliphatic carbocycles. The van der Waals surface area contributed by atoms with Crippen LogP contribution in [-0.2, 0) is 11.2 Å². The Morgan fingerprint density at radius 1 is 1.26 bits per heavy atom. The lowest BCUT2D eigenvalue weighted by atomic mass is 10.1. The fraction of sp³-hybridized carbons (Fsp3) is 0.500. The van der Waals surface area contributed by atoms with Crippen molar-refractivity contribution in [1.82, 2.24) is 10.4 Å². The summed E-state index contributed by atoms with van der Waals surface area (Å²) in [5.74, 6) is 0.0741. The van der Waals surface area contributed by atoms with Crippen LogP contribution in [-0.4, -0.2) is 35.2 Å². The zero-order chi connectivity index (χ0) is 13.7. The smallest absolute Gasteiger partial charge is 0.251 e. The molecule has 104 valence electrons. The Hall–Kier alpha value is -1.59. The monoisotopic (exact) mass is 263 g/mol. The minimum Gasteiger partial charge on any atom is -0.508 e. The molecule has 5 heteroatoms. The third-order valence-corrected chi connectivity index (χ3v) is 3.35. The third-order valence-electron chi connectivity index (χ3n) is 3.35. The first kappa shape index (κ1) is 13.8. The lowest BCUT2D eigenvalue weighted by Gasteiger charge is -2.28. The van der Waals surface area contributed by atoms with Crippen LogP contribution >= 0.6 is 0 Å². The van der Waals surface area contributed by atoms with Crippen molar-refractivity contribution in [3.05, 3.63) is 29.8 Å². The van der Waals surface area contributed by atoms with Crippen LogP contribution in [0.5, 0.6) is 5.75 Å². The van der Waals surface area contributed by atoms with E-state index in [4.69, 9.17) is 5.73 Å². The molecule has 2 rings (SSSR count). The summed E-state index contributed by atoms with van der Waals surface area (Å²) in [6, 6.07) is 6.20. The summed E-state index contributed by atoms with van der Waals surface area (Å²) < 4.78 is 0. The Balaban J connectivity index is 1.83. The van der Waals surface area contributed by atoms with Gasteiger partial charge in [0.1, 0.15) is 5.75 Å². The quantitative estimate of drug-likeness (QED) is 0.750. The van der Waals surface area contributed by atoms with E-state index >= 15 is 0 Å². The van der Waals surface area contributed by atoms with Gasteiger partial charge in [-0.25, -0.2) is 5.01 Å². The van der Waals surface area contributed by atoms with Gasteiger partial charge < -0.3 is 10.8 Å². The minimum absolute atomic E-state index is 0.144. The van der Waals surface area contributed by atoms with E-state index in [0.717, 1.165) is 31.5 Å². The Kier molecular flexibility index (Phi) is 4.76. The Morgan fingerprint density at radius 3 is 2.53 bits per heavy atom. The van der Waals surface area contributed by atoms with E-state index in [1.165, 1.54) is 6.42 Å². The molecule has 0 aromatic heterocycles. The van der Waals surface area contributed by atoms with Gasteiger partial charge in [-0.3, -0.25) is 10.2 Å². The SMILES string of the molecule is N[C@@H](Cc1ccc(O)cc1)C(=O)NN1CCCCC1. The second-order valence-corrected chi connectivity index (χ2v) is 5.00. The summed E-state index contributed by atoms with van der Waals surface area (Å²) in [7, 11) is 0. The molecule has 1 aliphatic heterocycles. The topological polar surface area (TPSA) is 78.6 Å². The number of aromatic hydroxyl groups is 1. The number of piperidine rings is 1. The summed E-state index contributed by atoms with van der Waals surface area (Å²) in [5.41, 5.74) is 9.72. The lowest BCUT2D eigenvalue weighted by molar-refractivity contribution is -0.127. The number of hydrazine groups is 1. The number of phenolic OH excluding ortho intramolecular Hbond substituents is 1. The molecular weight excluding hydrogens is 242 g/mol. The number of nitrogens with zero attached hydrogens (tertiary/aromatic N) is 1. The maximum absolute atomic E-state index is 12.0. The number of carbonyl (C=O) groups excluding carboxylic acids is 1. The van der Waals surface area contributed by atoms with Gasteiger partial charge in [0.05, 0.1) is 6.04 Å². The highest BCUT2D eigenvalue weighted by atomic mass is 16.3. The zero-order valence-corrected chi connectivity index (χ0v) is 11.0. The van der Waals surface area contributed by atoms with E-state index in [-0.39, 0.29) is 11.7 Å². The number of amides is 1. The van der Waals surface area contributed by atoms with E-state index in [2.05, 4.69) is 5.43 Å². The first-order valence-electron chi connectivity index (χ1n) is 6.74. The second kappa shape index (κ2) is 6.54. The van der Waals surface area contributed by atoms with Crippen LogP contribution in [0.2, 0.25) is 0 Å². The molecular formula is C14H21N3O2. The van der Waals surface area contributed by atoms with Crippen molar-refractivity contribution >= 4 is 5.91 Å². The first-order valence-corrected chi connectivity index (χ1v) is 6.74. The van der Waals surface area contributed by atoms with Crippen LogP contribution in [0.3, 0.4) is 0 Å². The van der Waals surface area contributed by atoms with Gasteiger partial charge in [0, 0.05) is 13.1 Å². The predicted molar refractivity (Wildman–Crippen MR) is 73.4 cm³/mol. The van der Waals surface area contributed by atoms with E-state index in [1.807, 2.05) is 5.01 Å². The molecule has 1 heterocycles. The summed E-state index contributed by atoms with van der Waals surface area (Å²) in [6.07, 6.45) is 3.94. The number of nitrogens with one attached hydrogen (secondary N) is 1. The van der Waals surface area contributed by atoms with E-state index in [0.29, 0.717) is 6.42 Å². The first-order chi connectivity index (χ1) is 9.15. The van der Waals surface area contributed by atoms with Crippen molar-refractivity contribution in [2.24, 2.45) is 5.73 Å². The molecule has 1 fully saturated rings. The molecule has 5 nitrogen and oxygen atoms in total. The van der Waals surface area contributed by atoms with Gasteiger partial charge in [-0.2, -0.15) is 0 Å². The van der Waals surface area contributed by atoms with Gasteiger partial charge in [-0.15, -0.1) is 0 Å². The Bertz CT molecular complexity index is 413. The zero-order valence-electron chi connectivity index (χ0n) is 11.0. The largest absolute Gasteiger partial charge is 0.508 e. The van der Waals surface area contributed by atoms with Gasteiger partial charge in [-0.05, 0) is 37.0 Å². The number of hydrogen-bond donors (Lipinski definition) is 3. The maximum Gasteiger partial charge on any atom is 0.251 e. The molecule has 0 bridgehead atoms. The maximum atomic E-state index is 12.0. The van der Waals surface area contributed by atoms with E-state index < -0.39 is 6.04 Å². The van der Waals surface area contributed by atoms with Crippen LogP contribution < -0.4 is 11.2 Å². The molecule has 1 aliphatic rings. The van der Waals surface area contributed by atoms with Crippen molar-refractivity contribution < 1.29 is 9.90 Å². The van der Waals surface area contributed by atoms with Gasteiger partial charge in [0.2, 0.25) is 0 Å². The average Bonchev–Trinajstić information content (AvgIpc) is 2.42. The van der Waals surface area contributed by atoms with E-state index in [9.17, 15) is 9.90 Å². The highest BCUT2D eigenvalue weighted by Gasteiger charge is 2.18. The molecule has 0 unspecified atom stereocenters. The van der Waals surface area contributed by atoms with Crippen LogP contribution in [0, 0.1) is 0 Å². The summed E-state index contributed by atoms with van der Waals surface area (Å²) >= 11 is 0. The molecule has 19 heavy (non-hydrogen) atoms. The van der Waals surface area contributed by atoms with Gasteiger partial charge >= 0.3 is 0 Å². The van der Waals surface area contributed by atoms with Crippen molar-refractivity contribution in [2.45, 2.75) is 31.7 Å². The Labute approximate surface area is 113 Å². The molecule has 1 atom stereocenters. The molecule has 1 aromatic carbocycles. The summed E-state index contributed by atoms with van der Waals surface area (Å²) in [5, 5.41) is 11.1. The summed E-state index contributed by atoms with van der Waals surface area (Å²) in [6.45, 7) is 1.80. The van der Waals surface area contributed by atoms with Crippen LogP contribution in [0.1, 0.15) is 24.8 Å². The van der Waals surface area contributed by atoms with Crippen molar-refractivity contribution in [2.75, 3.05) is 13.1 Å². The van der Waals surface area contributed by atoms with Gasteiger partial charge in [-0.1, -0.05) is 18.6 Å². The normalized spacial score (nSPS) is 17.9. The van der Waals surface area contributed by atoms with E-state index in [1.54, 1.807) is 24.3 Å². The number of benzene rings is 1. The second-order valence-electron chi connectivity index (χ2n) is 5.00. The van der Waals surface area contributed by atoms with Gasteiger partial charge in [0.15, 0.2) is 0 Å². The number of phenols is 1. The summed E-state index contributed by atoms with van der Waals surface area (Å²) in [4.78, 5) is 12.0. The van der Waals surface area contributed by atoms with Gasteiger partial charge in [0.25, 0.3) is 5.91 Å². The lowest BCUT2D eigenvalue weighted by Crippen LogP contribution is -2.51. The van der Waals surface area contributed by atoms with Crippen molar-refractivity contribution in [3.63, 3.8) is 0 Å². The predicted octanol–water partition coefficient (Wildman–Crippen LogP) is 0.779. The average molecular weight is 263 g/mol. The fourth-order valence-electron chi connectivity index (χ4n) is 2.22. The van der Waals surface area contributed by atoms with Crippen LogP contribution in [0.4, 0.5) is 0 Å². The molecule has 1 amide bonds. The van der Waals surface area contributed by atoms with Crippen LogP contribution in [0.15, 0.2) is 24.3 Å². The standard InChI is InChI=1S/C14H21N3O2/c15-13(10-11-4-6-12(18)7-5-11)14(19)16-17-8-2-1-3-9-17/h4-7,13,18H,1-3,8-10,15H2,(H,16,19)/t13-/m0/s1. The number of carbonyl (C=O) groups is 1. The van der Waals surface area contributed by atoms with Crippen molar-refractivity contribution in [3.8, 4) is 5.75 Å². The molecule has 0 radical (unpaired) electrons. The highest BCUT2D eigenvalue weighted by molar-refractivity contribution is 5.81. The number of nitrogens with two attached hydrogens (primary N) is 1. The van der Waals surface area contributed by atoms with Crippen LogP contribution in [0.25, 0.3) is 0 Å². The number of rotatable bonds is 4.